The number of fused-ring (bicyclic) bond motifs is 2. The molecule has 2 aromatic carbocycles. The molecule has 0 radical (unpaired) electrons. The second kappa shape index (κ2) is 8.35. The van der Waals surface area contributed by atoms with Crippen molar-refractivity contribution in [1.29, 1.82) is 0 Å². The van der Waals surface area contributed by atoms with Crippen molar-refractivity contribution < 1.29 is 4.74 Å². The van der Waals surface area contributed by atoms with E-state index in [-0.39, 0.29) is 29.4 Å². The molecule has 3 atom stereocenters. The van der Waals surface area contributed by atoms with E-state index in [1.54, 1.807) is 0 Å². The third kappa shape index (κ3) is 3.94. The average Bonchev–Trinajstić information content (AvgIpc) is 3.11. The van der Waals surface area contributed by atoms with Crippen LogP contribution in [0.25, 0.3) is 10.8 Å². The minimum Gasteiger partial charge on any atom is -0.377 e. The van der Waals surface area contributed by atoms with Gasteiger partial charge in [-0.05, 0) is 35.7 Å². The molecule has 1 aliphatic heterocycles. The molecule has 2 aromatic rings. The van der Waals surface area contributed by atoms with E-state index in [2.05, 4.69) is 73.9 Å². The molecule has 4 nitrogen and oxygen atoms in total. The topological polar surface area (TPSA) is 45.7 Å². The van der Waals surface area contributed by atoms with Crippen LogP contribution in [0, 0.1) is 11.3 Å². The van der Waals surface area contributed by atoms with Crippen molar-refractivity contribution in [3.05, 3.63) is 48.0 Å². The second-order valence-electron chi connectivity index (χ2n) is 8.06. The lowest BCUT2D eigenvalue weighted by Crippen LogP contribution is -2.67. The lowest BCUT2D eigenvalue weighted by molar-refractivity contribution is -0.106. The highest BCUT2D eigenvalue weighted by atomic mass is 127. The van der Waals surface area contributed by atoms with E-state index in [0.717, 1.165) is 25.5 Å². The Morgan fingerprint density at radius 1 is 1.19 bits per heavy atom. The Hall–Kier alpha value is -1.34. The molecular formula is C22H30IN3O. The number of halogens is 1. The van der Waals surface area contributed by atoms with E-state index in [9.17, 15) is 0 Å². The Morgan fingerprint density at radius 3 is 2.74 bits per heavy atom. The maximum atomic E-state index is 5.91. The monoisotopic (exact) mass is 479 g/mol. The molecule has 2 N–H and O–H groups in total. The zero-order chi connectivity index (χ0) is 18.1. The van der Waals surface area contributed by atoms with Gasteiger partial charge >= 0.3 is 0 Å². The molecule has 0 spiro atoms. The summed E-state index contributed by atoms with van der Waals surface area (Å²) in [6.07, 6.45) is 1.54. The molecule has 2 aliphatic rings. The van der Waals surface area contributed by atoms with Gasteiger partial charge in [-0.2, -0.15) is 0 Å². The van der Waals surface area contributed by atoms with Crippen molar-refractivity contribution >= 4 is 40.7 Å². The highest BCUT2D eigenvalue weighted by Crippen LogP contribution is 2.52. The summed E-state index contributed by atoms with van der Waals surface area (Å²) in [6, 6.07) is 15.5. The lowest BCUT2D eigenvalue weighted by atomic mass is 9.57. The first-order chi connectivity index (χ1) is 12.6. The van der Waals surface area contributed by atoms with Gasteiger partial charge in [-0.3, -0.25) is 0 Å². The average molecular weight is 479 g/mol. The predicted molar refractivity (Wildman–Crippen MR) is 123 cm³/mol. The molecule has 1 saturated carbocycles. The summed E-state index contributed by atoms with van der Waals surface area (Å²) < 4.78 is 5.91. The first-order valence-electron chi connectivity index (χ1n) is 9.73. The largest absolute Gasteiger partial charge is 0.377 e. The van der Waals surface area contributed by atoms with Crippen LogP contribution in [0.4, 0.5) is 0 Å². The number of guanidine groups is 1. The van der Waals surface area contributed by atoms with Crippen LogP contribution < -0.4 is 10.6 Å². The minimum absolute atomic E-state index is 0. The molecule has 27 heavy (non-hydrogen) atoms. The van der Waals surface area contributed by atoms with Gasteiger partial charge in [-0.1, -0.05) is 50.2 Å². The van der Waals surface area contributed by atoms with E-state index in [4.69, 9.17) is 9.73 Å². The Bertz CT molecular complexity index is 820. The summed E-state index contributed by atoms with van der Waals surface area (Å²) in [4.78, 5) is 4.85. The number of benzene rings is 2. The van der Waals surface area contributed by atoms with Gasteiger partial charge in [-0.25, -0.2) is 4.99 Å². The summed E-state index contributed by atoms with van der Waals surface area (Å²) >= 11 is 0. The van der Waals surface area contributed by atoms with E-state index in [1.807, 2.05) is 0 Å². The van der Waals surface area contributed by atoms with Gasteiger partial charge in [0, 0.05) is 30.5 Å². The van der Waals surface area contributed by atoms with Gasteiger partial charge in [0.05, 0.1) is 12.6 Å². The second-order valence-corrected chi connectivity index (χ2v) is 8.06. The van der Waals surface area contributed by atoms with Crippen molar-refractivity contribution in [1.82, 2.24) is 10.6 Å². The maximum Gasteiger partial charge on any atom is 0.191 e. The van der Waals surface area contributed by atoms with Crippen molar-refractivity contribution in [2.45, 2.75) is 45.9 Å². The molecule has 0 amide bonds. The third-order valence-electron chi connectivity index (χ3n) is 5.97. The third-order valence-corrected chi connectivity index (χ3v) is 5.97. The van der Waals surface area contributed by atoms with Crippen LogP contribution in [0.1, 0.15) is 32.8 Å². The summed E-state index contributed by atoms with van der Waals surface area (Å²) in [5, 5.41) is 9.63. The SMILES string of the molecule is CCNC(=NCc1ccc2ccccc2c1)NC1C2CCOC2C1(C)C.I. The Kier molecular flexibility index (Phi) is 6.31. The van der Waals surface area contributed by atoms with Gasteiger partial charge in [-0.15, -0.1) is 24.0 Å². The molecule has 4 rings (SSSR count). The molecular weight excluding hydrogens is 449 g/mol. The molecule has 3 unspecified atom stereocenters. The summed E-state index contributed by atoms with van der Waals surface area (Å²) in [5.74, 6) is 1.51. The number of nitrogens with zero attached hydrogens (tertiary/aromatic N) is 1. The minimum atomic E-state index is 0. The van der Waals surface area contributed by atoms with Gasteiger partial charge in [0.2, 0.25) is 0 Å². The van der Waals surface area contributed by atoms with Crippen LogP contribution in [-0.4, -0.2) is 31.3 Å². The molecule has 2 fully saturated rings. The fraction of sp³-hybridized carbons (Fsp3) is 0.500. The molecule has 1 heterocycles. The number of hydrogen-bond acceptors (Lipinski definition) is 2. The highest BCUT2D eigenvalue weighted by Gasteiger charge is 2.59. The van der Waals surface area contributed by atoms with E-state index < -0.39 is 0 Å². The van der Waals surface area contributed by atoms with E-state index >= 15 is 0 Å². The van der Waals surface area contributed by atoms with Crippen LogP contribution in [-0.2, 0) is 11.3 Å². The van der Waals surface area contributed by atoms with E-state index in [0.29, 0.717) is 24.6 Å². The van der Waals surface area contributed by atoms with Gasteiger partial charge < -0.3 is 15.4 Å². The predicted octanol–water partition coefficient (Wildman–Crippen LogP) is 4.33. The smallest absolute Gasteiger partial charge is 0.191 e. The van der Waals surface area contributed by atoms with Crippen LogP contribution in [0.5, 0.6) is 0 Å². The first kappa shape index (κ1) is 20.4. The summed E-state index contributed by atoms with van der Waals surface area (Å²) in [6.45, 7) is 9.13. The first-order valence-corrected chi connectivity index (χ1v) is 9.73. The molecule has 1 saturated heterocycles. The van der Waals surface area contributed by atoms with Crippen molar-refractivity contribution in [3.8, 4) is 0 Å². The number of ether oxygens (including phenoxy) is 1. The fourth-order valence-electron chi connectivity index (χ4n) is 4.59. The van der Waals surface area contributed by atoms with Crippen molar-refractivity contribution in [3.63, 3.8) is 0 Å². The van der Waals surface area contributed by atoms with Crippen molar-refractivity contribution in [2.75, 3.05) is 13.2 Å². The van der Waals surface area contributed by atoms with Crippen LogP contribution >= 0.6 is 24.0 Å². The molecule has 5 heteroatoms. The lowest BCUT2D eigenvalue weighted by Gasteiger charge is -2.54. The summed E-state index contributed by atoms with van der Waals surface area (Å²) in [7, 11) is 0. The van der Waals surface area contributed by atoms with Gasteiger partial charge in [0.25, 0.3) is 0 Å². The van der Waals surface area contributed by atoms with Gasteiger partial charge in [0.15, 0.2) is 5.96 Å². The molecule has 0 aromatic heterocycles. The zero-order valence-corrected chi connectivity index (χ0v) is 18.7. The van der Waals surface area contributed by atoms with Gasteiger partial charge in [0.1, 0.15) is 0 Å². The molecule has 1 aliphatic carbocycles. The standard InChI is InChI=1S/C22H29N3O.HI/c1-4-23-21(25-19-18-11-12-26-20(18)22(19,2)3)24-14-15-9-10-16-7-5-6-8-17(16)13-15;/h5-10,13,18-20H,4,11-12,14H2,1-3H3,(H2,23,24,25);1H. The van der Waals surface area contributed by atoms with E-state index in [1.165, 1.54) is 16.3 Å². The number of hydrogen-bond donors (Lipinski definition) is 2. The number of aliphatic imine (C=N–C) groups is 1. The molecule has 146 valence electrons. The zero-order valence-electron chi connectivity index (χ0n) is 16.4. The Balaban J connectivity index is 0.00000210. The normalized spacial score (nSPS) is 26.0. The van der Waals surface area contributed by atoms with Crippen LogP contribution in [0.3, 0.4) is 0 Å². The Labute approximate surface area is 179 Å². The number of rotatable bonds is 4. The Morgan fingerprint density at radius 2 is 1.96 bits per heavy atom. The highest BCUT2D eigenvalue weighted by molar-refractivity contribution is 14.0. The number of nitrogens with one attached hydrogen (secondary N) is 2. The van der Waals surface area contributed by atoms with Crippen molar-refractivity contribution in [2.24, 2.45) is 16.3 Å². The maximum absolute atomic E-state index is 5.91. The quantitative estimate of drug-likeness (QED) is 0.390. The van der Waals surface area contributed by atoms with Crippen LogP contribution in [0.15, 0.2) is 47.5 Å². The van der Waals surface area contributed by atoms with Crippen LogP contribution in [0.2, 0.25) is 0 Å². The summed E-state index contributed by atoms with van der Waals surface area (Å²) in [5.41, 5.74) is 1.39. The fourth-order valence-corrected chi connectivity index (χ4v) is 4.59. The molecule has 0 bridgehead atoms.